The number of hydrazine groups is 1. The molecule has 0 spiro atoms. The number of halogens is 1. The van der Waals surface area contributed by atoms with Crippen LogP contribution in [0.1, 0.15) is 5.56 Å². The fourth-order valence-electron chi connectivity index (χ4n) is 1.85. The van der Waals surface area contributed by atoms with Gasteiger partial charge in [0.2, 0.25) is 0 Å². The van der Waals surface area contributed by atoms with Crippen molar-refractivity contribution in [1.29, 1.82) is 0 Å². The second kappa shape index (κ2) is 6.63. The minimum Gasteiger partial charge on any atom is -0.497 e. The standard InChI is InChI=1S/C15H17BrN2O2/c1-19-13-5-3-12(4-6-13)18(17)10-11-9-14(20-2)7-8-15(11)16/h3-9H,10,17H2,1-2H3. The fourth-order valence-corrected chi connectivity index (χ4v) is 2.22. The molecule has 2 N–H and O–H groups in total. The van der Waals surface area contributed by atoms with Crippen LogP contribution < -0.4 is 20.3 Å². The molecule has 5 heteroatoms. The molecule has 0 aliphatic heterocycles. The van der Waals surface area contributed by atoms with Crippen molar-refractivity contribution < 1.29 is 9.47 Å². The van der Waals surface area contributed by atoms with Gasteiger partial charge >= 0.3 is 0 Å². The van der Waals surface area contributed by atoms with Gasteiger partial charge in [0, 0.05) is 4.47 Å². The number of ether oxygens (including phenoxy) is 2. The summed E-state index contributed by atoms with van der Waals surface area (Å²) in [5.74, 6) is 7.73. The van der Waals surface area contributed by atoms with Crippen molar-refractivity contribution in [3.05, 3.63) is 52.5 Å². The van der Waals surface area contributed by atoms with E-state index in [0.29, 0.717) is 6.54 Å². The number of rotatable bonds is 5. The molecule has 0 fully saturated rings. The highest BCUT2D eigenvalue weighted by atomic mass is 79.9. The van der Waals surface area contributed by atoms with Crippen LogP contribution in [0.3, 0.4) is 0 Å². The Morgan fingerprint density at radius 3 is 2.20 bits per heavy atom. The Morgan fingerprint density at radius 2 is 1.60 bits per heavy atom. The molecule has 0 aliphatic rings. The highest BCUT2D eigenvalue weighted by Gasteiger charge is 2.07. The van der Waals surface area contributed by atoms with Crippen LogP contribution in [0.5, 0.6) is 11.5 Å². The summed E-state index contributed by atoms with van der Waals surface area (Å²) in [5.41, 5.74) is 1.98. The second-order valence-electron chi connectivity index (χ2n) is 4.28. The molecule has 0 amide bonds. The molecule has 0 unspecified atom stereocenters. The Labute approximate surface area is 127 Å². The summed E-state index contributed by atoms with van der Waals surface area (Å²) in [5, 5.41) is 1.68. The molecule has 0 bridgehead atoms. The van der Waals surface area contributed by atoms with Crippen molar-refractivity contribution >= 4 is 21.6 Å². The second-order valence-corrected chi connectivity index (χ2v) is 5.14. The molecule has 20 heavy (non-hydrogen) atoms. The number of benzene rings is 2. The van der Waals surface area contributed by atoms with Crippen molar-refractivity contribution in [2.24, 2.45) is 5.84 Å². The van der Waals surface area contributed by atoms with E-state index >= 15 is 0 Å². The molecule has 0 radical (unpaired) electrons. The molecule has 0 aromatic heterocycles. The van der Waals surface area contributed by atoms with E-state index < -0.39 is 0 Å². The first-order chi connectivity index (χ1) is 9.63. The predicted molar refractivity (Wildman–Crippen MR) is 84.1 cm³/mol. The monoisotopic (exact) mass is 336 g/mol. The summed E-state index contributed by atoms with van der Waals surface area (Å²) in [4.78, 5) is 0. The Morgan fingerprint density at radius 1 is 1.00 bits per heavy atom. The maximum Gasteiger partial charge on any atom is 0.119 e. The lowest BCUT2D eigenvalue weighted by atomic mass is 10.2. The van der Waals surface area contributed by atoms with Gasteiger partial charge in [0.15, 0.2) is 0 Å². The topological polar surface area (TPSA) is 47.7 Å². The molecule has 2 aromatic rings. The molecule has 0 aliphatic carbocycles. The Bertz CT molecular complexity index is 573. The number of methoxy groups -OCH3 is 2. The van der Waals surface area contributed by atoms with Gasteiger partial charge in [0.25, 0.3) is 0 Å². The summed E-state index contributed by atoms with van der Waals surface area (Å²) in [6.45, 7) is 0.574. The van der Waals surface area contributed by atoms with E-state index in [1.54, 1.807) is 19.2 Å². The maximum atomic E-state index is 6.11. The van der Waals surface area contributed by atoms with E-state index in [1.165, 1.54) is 0 Å². The summed E-state index contributed by atoms with van der Waals surface area (Å²) < 4.78 is 11.4. The van der Waals surface area contributed by atoms with Crippen molar-refractivity contribution in [3.8, 4) is 11.5 Å². The third-order valence-corrected chi connectivity index (χ3v) is 3.77. The van der Waals surface area contributed by atoms with Crippen LogP contribution in [0.4, 0.5) is 5.69 Å². The van der Waals surface area contributed by atoms with Gasteiger partial charge in [-0.1, -0.05) is 15.9 Å². The SMILES string of the molecule is COc1ccc(N(N)Cc2cc(OC)ccc2Br)cc1. The Kier molecular flexibility index (Phi) is 4.87. The van der Waals surface area contributed by atoms with E-state index in [1.807, 2.05) is 42.5 Å². The average molecular weight is 337 g/mol. The normalized spacial score (nSPS) is 10.2. The summed E-state index contributed by atoms with van der Waals surface area (Å²) in [7, 11) is 3.29. The van der Waals surface area contributed by atoms with Crippen LogP contribution in [-0.4, -0.2) is 14.2 Å². The Hall–Kier alpha value is -1.72. The van der Waals surface area contributed by atoms with Crippen LogP contribution >= 0.6 is 15.9 Å². The number of anilines is 1. The van der Waals surface area contributed by atoms with E-state index in [4.69, 9.17) is 15.3 Å². The van der Waals surface area contributed by atoms with Gasteiger partial charge in [-0.05, 0) is 48.0 Å². The van der Waals surface area contributed by atoms with Crippen molar-refractivity contribution in [2.45, 2.75) is 6.54 Å². The molecule has 0 atom stereocenters. The van der Waals surface area contributed by atoms with Gasteiger partial charge in [-0.25, -0.2) is 5.84 Å². The van der Waals surface area contributed by atoms with Crippen LogP contribution in [0.15, 0.2) is 46.9 Å². The molecule has 0 heterocycles. The zero-order valence-electron chi connectivity index (χ0n) is 11.5. The highest BCUT2D eigenvalue weighted by Crippen LogP contribution is 2.25. The number of hydrogen-bond acceptors (Lipinski definition) is 4. The van der Waals surface area contributed by atoms with Crippen LogP contribution in [0, 0.1) is 0 Å². The molecule has 106 valence electrons. The van der Waals surface area contributed by atoms with Gasteiger partial charge in [0.1, 0.15) is 11.5 Å². The molecular formula is C15H17BrN2O2. The zero-order valence-corrected chi connectivity index (χ0v) is 13.1. The summed E-state index contributed by atoms with van der Waals surface area (Å²) >= 11 is 3.53. The zero-order chi connectivity index (χ0) is 14.5. The number of nitrogens with zero attached hydrogens (tertiary/aromatic N) is 1. The first-order valence-corrected chi connectivity index (χ1v) is 6.92. The molecule has 2 rings (SSSR count). The van der Waals surface area contributed by atoms with E-state index in [2.05, 4.69) is 15.9 Å². The lowest BCUT2D eigenvalue weighted by Gasteiger charge is -2.20. The number of nitrogens with two attached hydrogens (primary N) is 1. The van der Waals surface area contributed by atoms with Gasteiger partial charge < -0.3 is 14.5 Å². The van der Waals surface area contributed by atoms with Gasteiger partial charge in [0.05, 0.1) is 26.5 Å². The fraction of sp³-hybridized carbons (Fsp3) is 0.200. The minimum atomic E-state index is 0.574. The van der Waals surface area contributed by atoms with Crippen LogP contribution in [0.25, 0.3) is 0 Å². The quantitative estimate of drug-likeness (QED) is 0.671. The van der Waals surface area contributed by atoms with Crippen molar-refractivity contribution in [1.82, 2.24) is 0 Å². The smallest absolute Gasteiger partial charge is 0.119 e. The molecule has 2 aromatic carbocycles. The third-order valence-electron chi connectivity index (χ3n) is 3.00. The van der Waals surface area contributed by atoms with E-state index in [0.717, 1.165) is 27.2 Å². The first-order valence-electron chi connectivity index (χ1n) is 6.12. The van der Waals surface area contributed by atoms with Crippen molar-refractivity contribution in [3.63, 3.8) is 0 Å². The first kappa shape index (κ1) is 14.7. The van der Waals surface area contributed by atoms with Crippen LogP contribution in [0.2, 0.25) is 0 Å². The Balaban J connectivity index is 2.15. The van der Waals surface area contributed by atoms with Gasteiger partial charge in [-0.15, -0.1) is 0 Å². The predicted octanol–water partition coefficient (Wildman–Crippen LogP) is 3.35. The highest BCUT2D eigenvalue weighted by molar-refractivity contribution is 9.10. The average Bonchev–Trinajstić information content (AvgIpc) is 2.49. The summed E-state index contributed by atoms with van der Waals surface area (Å²) in [6.07, 6.45) is 0. The van der Waals surface area contributed by atoms with Crippen LogP contribution in [-0.2, 0) is 6.54 Å². The van der Waals surface area contributed by atoms with Gasteiger partial charge in [-0.3, -0.25) is 0 Å². The summed E-state index contributed by atoms with van der Waals surface area (Å²) in [6, 6.07) is 13.4. The lowest BCUT2D eigenvalue weighted by Crippen LogP contribution is -2.30. The number of hydrogen-bond donors (Lipinski definition) is 1. The van der Waals surface area contributed by atoms with Gasteiger partial charge in [-0.2, -0.15) is 0 Å². The largest absolute Gasteiger partial charge is 0.497 e. The molecule has 0 saturated carbocycles. The van der Waals surface area contributed by atoms with E-state index in [9.17, 15) is 0 Å². The molecular weight excluding hydrogens is 320 g/mol. The molecule has 4 nitrogen and oxygen atoms in total. The van der Waals surface area contributed by atoms with Crippen molar-refractivity contribution in [2.75, 3.05) is 19.2 Å². The van der Waals surface area contributed by atoms with E-state index in [-0.39, 0.29) is 0 Å². The third kappa shape index (κ3) is 3.43. The minimum absolute atomic E-state index is 0.574. The maximum absolute atomic E-state index is 6.11. The lowest BCUT2D eigenvalue weighted by molar-refractivity contribution is 0.414. The molecule has 0 saturated heterocycles.